The van der Waals surface area contributed by atoms with Crippen LogP contribution in [0.4, 0.5) is 10.1 Å². The molecule has 1 aromatic rings. The first kappa shape index (κ1) is 12.8. The van der Waals surface area contributed by atoms with E-state index < -0.39 is 11.9 Å². The van der Waals surface area contributed by atoms with Gasteiger partial charge in [0.1, 0.15) is 17.7 Å². The number of amides is 1. The van der Waals surface area contributed by atoms with Gasteiger partial charge in [-0.05, 0) is 19.2 Å². The summed E-state index contributed by atoms with van der Waals surface area (Å²) in [5.74, 6) is -1.08. The molecule has 0 aliphatic carbocycles. The predicted octanol–water partition coefficient (Wildman–Crippen LogP) is 0.800. The molecule has 18 heavy (non-hydrogen) atoms. The highest BCUT2D eigenvalue weighted by atomic mass is 19.1. The number of phenolic OH excluding ortho intramolecular Hbond substituents is 1. The Bertz CT molecular complexity index is 453. The number of phenols is 1. The fourth-order valence-corrected chi connectivity index (χ4v) is 1.76. The maximum absolute atomic E-state index is 13.0. The molecule has 2 rings (SSSR count). The molecular formula is C12H15FN2O3. The van der Waals surface area contributed by atoms with Crippen LogP contribution in [-0.4, -0.2) is 48.8 Å². The van der Waals surface area contributed by atoms with Gasteiger partial charge in [-0.25, -0.2) is 4.39 Å². The molecule has 0 saturated carbocycles. The van der Waals surface area contributed by atoms with Crippen molar-refractivity contribution in [2.24, 2.45) is 0 Å². The third kappa shape index (κ3) is 2.96. The fourth-order valence-electron chi connectivity index (χ4n) is 1.76. The van der Waals surface area contributed by atoms with Crippen LogP contribution in [0.5, 0.6) is 5.75 Å². The third-order valence-corrected chi connectivity index (χ3v) is 2.78. The Kier molecular flexibility index (Phi) is 3.78. The summed E-state index contributed by atoms with van der Waals surface area (Å²) in [4.78, 5) is 13.9. The van der Waals surface area contributed by atoms with Gasteiger partial charge in [-0.2, -0.15) is 0 Å². The van der Waals surface area contributed by atoms with Gasteiger partial charge in [0, 0.05) is 19.2 Å². The lowest BCUT2D eigenvalue weighted by Gasteiger charge is -2.29. The molecular weight excluding hydrogens is 239 g/mol. The third-order valence-electron chi connectivity index (χ3n) is 2.78. The van der Waals surface area contributed by atoms with Gasteiger partial charge in [0.2, 0.25) is 0 Å². The molecule has 0 radical (unpaired) electrons. The standard InChI is InChI=1S/C12H15FN2O3/c1-15-4-5-18-11(7-15)12(17)14-9-6-8(13)2-3-10(9)16/h2-3,6,11,16H,4-5,7H2,1H3,(H,14,17)/t11-/m1/s1. The van der Waals surface area contributed by atoms with Gasteiger partial charge in [-0.3, -0.25) is 4.79 Å². The molecule has 1 heterocycles. The van der Waals surface area contributed by atoms with Crippen LogP contribution >= 0.6 is 0 Å². The Morgan fingerprint density at radius 3 is 3.11 bits per heavy atom. The van der Waals surface area contributed by atoms with E-state index in [1.165, 1.54) is 6.07 Å². The van der Waals surface area contributed by atoms with Crippen molar-refractivity contribution in [3.63, 3.8) is 0 Å². The smallest absolute Gasteiger partial charge is 0.254 e. The molecule has 0 spiro atoms. The van der Waals surface area contributed by atoms with E-state index in [-0.39, 0.29) is 17.3 Å². The quantitative estimate of drug-likeness (QED) is 0.766. The Morgan fingerprint density at radius 1 is 1.61 bits per heavy atom. The fraction of sp³-hybridized carbons (Fsp3) is 0.417. The Morgan fingerprint density at radius 2 is 2.39 bits per heavy atom. The molecule has 0 aromatic heterocycles. The maximum atomic E-state index is 13.0. The topological polar surface area (TPSA) is 61.8 Å². The van der Waals surface area contributed by atoms with E-state index in [1.54, 1.807) is 0 Å². The molecule has 5 nitrogen and oxygen atoms in total. The zero-order chi connectivity index (χ0) is 13.1. The van der Waals surface area contributed by atoms with Crippen LogP contribution in [0.15, 0.2) is 18.2 Å². The number of halogens is 1. The number of aromatic hydroxyl groups is 1. The van der Waals surface area contributed by atoms with Crippen molar-refractivity contribution in [3.8, 4) is 5.75 Å². The van der Waals surface area contributed by atoms with Crippen molar-refractivity contribution in [2.45, 2.75) is 6.10 Å². The maximum Gasteiger partial charge on any atom is 0.254 e. The van der Waals surface area contributed by atoms with Crippen molar-refractivity contribution >= 4 is 11.6 Å². The normalized spacial score (nSPS) is 20.7. The first-order valence-corrected chi connectivity index (χ1v) is 5.66. The minimum absolute atomic E-state index is 0.0526. The number of rotatable bonds is 2. The molecule has 2 N–H and O–H groups in total. The van der Waals surface area contributed by atoms with Crippen molar-refractivity contribution in [3.05, 3.63) is 24.0 Å². The van der Waals surface area contributed by atoms with E-state index in [0.29, 0.717) is 13.2 Å². The van der Waals surface area contributed by atoms with Crippen LogP contribution in [-0.2, 0) is 9.53 Å². The van der Waals surface area contributed by atoms with Crippen LogP contribution in [0.2, 0.25) is 0 Å². The van der Waals surface area contributed by atoms with Crippen molar-refractivity contribution < 1.29 is 19.0 Å². The highest BCUT2D eigenvalue weighted by Gasteiger charge is 2.25. The molecule has 1 atom stereocenters. The summed E-state index contributed by atoms with van der Waals surface area (Å²) in [6, 6.07) is 3.38. The van der Waals surface area contributed by atoms with E-state index in [9.17, 15) is 14.3 Å². The molecule has 6 heteroatoms. The molecule has 1 saturated heterocycles. The number of hydrogen-bond donors (Lipinski definition) is 2. The number of likely N-dealkylation sites (N-methyl/N-ethyl adjacent to an activating group) is 1. The van der Waals surface area contributed by atoms with Crippen LogP contribution in [0, 0.1) is 5.82 Å². The number of nitrogens with one attached hydrogen (secondary N) is 1. The number of nitrogens with zero attached hydrogens (tertiary/aromatic N) is 1. The van der Waals surface area contributed by atoms with E-state index in [1.807, 2.05) is 11.9 Å². The minimum Gasteiger partial charge on any atom is -0.506 e. The largest absolute Gasteiger partial charge is 0.506 e. The molecule has 1 fully saturated rings. The number of morpholine rings is 1. The summed E-state index contributed by atoms with van der Waals surface area (Å²) in [7, 11) is 1.89. The molecule has 1 aliphatic rings. The summed E-state index contributed by atoms with van der Waals surface area (Å²) >= 11 is 0. The summed E-state index contributed by atoms with van der Waals surface area (Å²) < 4.78 is 18.3. The second-order valence-electron chi connectivity index (χ2n) is 4.27. The number of ether oxygens (including phenoxy) is 1. The van der Waals surface area contributed by atoms with Crippen molar-refractivity contribution in [1.82, 2.24) is 4.90 Å². The summed E-state index contributed by atoms with van der Waals surface area (Å²) in [6.07, 6.45) is -0.605. The van der Waals surface area contributed by atoms with E-state index in [0.717, 1.165) is 18.7 Å². The highest BCUT2D eigenvalue weighted by Crippen LogP contribution is 2.24. The number of carbonyl (C=O) groups is 1. The minimum atomic E-state index is -0.605. The first-order chi connectivity index (χ1) is 8.56. The second kappa shape index (κ2) is 5.32. The Hall–Kier alpha value is -1.66. The zero-order valence-corrected chi connectivity index (χ0v) is 10.0. The van der Waals surface area contributed by atoms with E-state index in [2.05, 4.69) is 5.32 Å². The summed E-state index contributed by atoms with van der Waals surface area (Å²) in [6.45, 7) is 1.72. The van der Waals surface area contributed by atoms with Gasteiger partial charge in [-0.1, -0.05) is 0 Å². The number of benzene rings is 1. The van der Waals surface area contributed by atoms with Gasteiger partial charge in [-0.15, -0.1) is 0 Å². The zero-order valence-electron chi connectivity index (χ0n) is 10.0. The van der Waals surface area contributed by atoms with Crippen LogP contribution in [0.25, 0.3) is 0 Å². The van der Waals surface area contributed by atoms with Crippen LogP contribution in [0.1, 0.15) is 0 Å². The monoisotopic (exact) mass is 254 g/mol. The van der Waals surface area contributed by atoms with Gasteiger partial charge in [0.05, 0.1) is 12.3 Å². The molecule has 1 aliphatic heterocycles. The van der Waals surface area contributed by atoms with Crippen molar-refractivity contribution in [2.75, 3.05) is 32.1 Å². The lowest BCUT2D eigenvalue weighted by atomic mass is 10.2. The predicted molar refractivity (Wildman–Crippen MR) is 63.9 cm³/mol. The molecule has 98 valence electrons. The van der Waals surface area contributed by atoms with E-state index >= 15 is 0 Å². The molecule has 0 unspecified atom stereocenters. The summed E-state index contributed by atoms with van der Waals surface area (Å²) in [5.41, 5.74) is 0.0526. The van der Waals surface area contributed by atoms with Crippen LogP contribution in [0.3, 0.4) is 0 Å². The molecule has 0 bridgehead atoms. The first-order valence-electron chi connectivity index (χ1n) is 5.66. The average Bonchev–Trinajstić information content (AvgIpc) is 2.34. The number of carbonyl (C=O) groups excluding carboxylic acids is 1. The lowest BCUT2D eigenvalue weighted by Crippen LogP contribution is -2.46. The van der Waals surface area contributed by atoms with Gasteiger partial charge in [0.25, 0.3) is 5.91 Å². The Labute approximate surface area is 104 Å². The van der Waals surface area contributed by atoms with Crippen LogP contribution < -0.4 is 5.32 Å². The van der Waals surface area contributed by atoms with Crippen molar-refractivity contribution in [1.29, 1.82) is 0 Å². The SMILES string of the molecule is CN1CCO[C@@H](C(=O)Nc2cc(F)ccc2O)C1. The van der Waals surface area contributed by atoms with Gasteiger partial charge >= 0.3 is 0 Å². The van der Waals surface area contributed by atoms with Gasteiger partial charge in [0.15, 0.2) is 0 Å². The number of hydrogen-bond acceptors (Lipinski definition) is 4. The second-order valence-corrected chi connectivity index (χ2v) is 4.27. The van der Waals surface area contributed by atoms with Gasteiger partial charge < -0.3 is 20.1 Å². The highest BCUT2D eigenvalue weighted by molar-refractivity contribution is 5.95. The molecule has 1 aromatic carbocycles. The molecule has 1 amide bonds. The Balaban J connectivity index is 2.04. The lowest BCUT2D eigenvalue weighted by molar-refractivity contribution is -0.132. The average molecular weight is 254 g/mol. The van der Waals surface area contributed by atoms with E-state index in [4.69, 9.17) is 4.74 Å². The summed E-state index contributed by atoms with van der Waals surface area (Å²) in [5, 5.41) is 12.0. The number of anilines is 1.